The van der Waals surface area contributed by atoms with Crippen molar-refractivity contribution in [1.82, 2.24) is 5.32 Å². The standard InChI is InChI=1S/C9H11N/c1-2-7-6-9(7)4-5-10-8(9)3-1/h1-3,7,10H,4-6H2. The smallest absolute Gasteiger partial charge is 0.0186 e. The van der Waals surface area contributed by atoms with Gasteiger partial charge in [-0.1, -0.05) is 12.2 Å². The van der Waals surface area contributed by atoms with Crippen LogP contribution in [-0.4, -0.2) is 6.54 Å². The predicted octanol–water partition coefficient (Wildman–Crippen LogP) is 1.44. The topological polar surface area (TPSA) is 12.0 Å². The lowest BCUT2D eigenvalue weighted by molar-refractivity contribution is 0.597. The molecule has 2 fully saturated rings. The Morgan fingerprint density at radius 3 is 3.50 bits per heavy atom. The first-order chi connectivity index (χ1) is 4.92. The second-order valence-electron chi connectivity index (χ2n) is 3.61. The molecule has 0 radical (unpaired) electrons. The van der Waals surface area contributed by atoms with E-state index in [4.69, 9.17) is 0 Å². The monoisotopic (exact) mass is 133 g/mol. The molecule has 3 rings (SSSR count). The molecule has 3 aliphatic rings. The highest BCUT2D eigenvalue weighted by Crippen LogP contribution is 2.63. The normalized spacial score (nSPS) is 47.2. The Bertz CT molecular complexity index is 239. The molecule has 1 spiro atoms. The van der Waals surface area contributed by atoms with Crippen LogP contribution in [0.1, 0.15) is 12.8 Å². The average Bonchev–Trinajstić information content (AvgIpc) is 2.51. The lowest BCUT2D eigenvalue weighted by Gasteiger charge is -2.11. The van der Waals surface area contributed by atoms with Gasteiger partial charge in [-0.2, -0.15) is 0 Å². The summed E-state index contributed by atoms with van der Waals surface area (Å²) in [6.07, 6.45) is 9.58. The zero-order valence-corrected chi connectivity index (χ0v) is 5.93. The van der Waals surface area contributed by atoms with Crippen molar-refractivity contribution in [2.24, 2.45) is 11.3 Å². The molecule has 1 heterocycles. The summed E-state index contributed by atoms with van der Waals surface area (Å²) in [6, 6.07) is 0. The van der Waals surface area contributed by atoms with Gasteiger partial charge in [0.1, 0.15) is 0 Å². The summed E-state index contributed by atoms with van der Waals surface area (Å²) >= 11 is 0. The molecule has 0 bridgehead atoms. The number of hydrogen-bond acceptors (Lipinski definition) is 1. The number of rotatable bonds is 0. The van der Waals surface area contributed by atoms with Gasteiger partial charge in [0.15, 0.2) is 0 Å². The molecule has 1 saturated heterocycles. The Morgan fingerprint density at radius 2 is 2.60 bits per heavy atom. The zero-order valence-electron chi connectivity index (χ0n) is 5.93. The van der Waals surface area contributed by atoms with Crippen molar-refractivity contribution < 1.29 is 0 Å². The van der Waals surface area contributed by atoms with Crippen molar-refractivity contribution in [1.29, 1.82) is 0 Å². The van der Waals surface area contributed by atoms with E-state index in [0.29, 0.717) is 5.41 Å². The van der Waals surface area contributed by atoms with Crippen molar-refractivity contribution in [3.63, 3.8) is 0 Å². The van der Waals surface area contributed by atoms with Gasteiger partial charge in [-0.25, -0.2) is 0 Å². The molecule has 2 aliphatic carbocycles. The van der Waals surface area contributed by atoms with E-state index in [2.05, 4.69) is 23.5 Å². The molecule has 2 atom stereocenters. The van der Waals surface area contributed by atoms with Gasteiger partial charge in [-0.05, 0) is 24.8 Å². The fourth-order valence-electron chi connectivity index (χ4n) is 2.42. The van der Waals surface area contributed by atoms with Crippen molar-refractivity contribution in [2.45, 2.75) is 12.8 Å². The Morgan fingerprint density at radius 1 is 1.60 bits per heavy atom. The summed E-state index contributed by atoms with van der Waals surface area (Å²) < 4.78 is 0. The third-order valence-electron chi connectivity index (χ3n) is 3.16. The van der Waals surface area contributed by atoms with Gasteiger partial charge in [-0.3, -0.25) is 0 Å². The number of nitrogens with one attached hydrogen (secondary N) is 1. The molecule has 52 valence electrons. The van der Waals surface area contributed by atoms with Crippen LogP contribution >= 0.6 is 0 Å². The maximum atomic E-state index is 3.45. The molecule has 0 amide bonds. The maximum absolute atomic E-state index is 3.45. The summed E-state index contributed by atoms with van der Waals surface area (Å²) in [4.78, 5) is 0. The first kappa shape index (κ1) is 5.00. The highest BCUT2D eigenvalue weighted by molar-refractivity contribution is 5.38. The summed E-state index contributed by atoms with van der Waals surface area (Å²) in [7, 11) is 0. The lowest BCUT2D eigenvalue weighted by atomic mass is 9.96. The van der Waals surface area contributed by atoms with Crippen molar-refractivity contribution in [3.05, 3.63) is 23.9 Å². The Hall–Kier alpha value is -0.720. The molecule has 1 nitrogen and oxygen atoms in total. The van der Waals surface area contributed by atoms with E-state index in [1.54, 1.807) is 0 Å². The molecule has 1 aliphatic heterocycles. The van der Waals surface area contributed by atoms with Gasteiger partial charge in [-0.15, -0.1) is 0 Å². The first-order valence-electron chi connectivity index (χ1n) is 4.05. The molecule has 0 aromatic heterocycles. The fourth-order valence-corrected chi connectivity index (χ4v) is 2.42. The van der Waals surface area contributed by atoms with E-state index in [1.807, 2.05) is 0 Å². The molecule has 0 aromatic carbocycles. The van der Waals surface area contributed by atoms with E-state index >= 15 is 0 Å². The van der Waals surface area contributed by atoms with Crippen LogP contribution in [0.15, 0.2) is 23.9 Å². The minimum Gasteiger partial charge on any atom is -0.388 e. The largest absolute Gasteiger partial charge is 0.388 e. The highest BCUT2D eigenvalue weighted by Gasteiger charge is 2.57. The van der Waals surface area contributed by atoms with Gasteiger partial charge in [0, 0.05) is 17.7 Å². The van der Waals surface area contributed by atoms with Gasteiger partial charge in [0.05, 0.1) is 0 Å². The first-order valence-corrected chi connectivity index (χ1v) is 4.05. The molecular weight excluding hydrogens is 122 g/mol. The number of allylic oxidation sites excluding steroid dienone is 4. The van der Waals surface area contributed by atoms with Crippen LogP contribution in [0, 0.1) is 11.3 Å². The van der Waals surface area contributed by atoms with Crippen molar-refractivity contribution >= 4 is 0 Å². The zero-order chi connectivity index (χ0) is 6.60. The van der Waals surface area contributed by atoms with Crippen LogP contribution in [0.25, 0.3) is 0 Å². The average molecular weight is 133 g/mol. The third-order valence-corrected chi connectivity index (χ3v) is 3.16. The fraction of sp³-hybridized carbons (Fsp3) is 0.556. The highest BCUT2D eigenvalue weighted by atomic mass is 15.0. The van der Waals surface area contributed by atoms with Crippen molar-refractivity contribution in [2.75, 3.05) is 6.54 Å². The molecule has 2 unspecified atom stereocenters. The summed E-state index contributed by atoms with van der Waals surface area (Å²) in [6.45, 7) is 1.20. The van der Waals surface area contributed by atoms with Crippen LogP contribution in [0.3, 0.4) is 0 Å². The van der Waals surface area contributed by atoms with Crippen LogP contribution in [0.4, 0.5) is 0 Å². The van der Waals surface area contributed by atoms with Gasteiger partial charge < -0.3 is 5.32 Å². The van der Waals surface area contributed by atoms with Gasteiger partial charge in [0.2, 0.25) is 0 Å². The molecule has 1 heteroatoms. The van der Waals surface area contributed by atoms with Crippen LogP contribution in [0.5, 0.6) is 0 Å². The Labute approximate surface area is 60.8 Å². The SMILES string of the molecule is C1=CC2CC23CCNC3=C1. The van der Waals surface area contributed by atoms with Crippen LogP contribution in [-0.2, 0) is 0 Å². The quantitative estimate of drug-likeness (QED) is 0.527. The summed E-state index contributed by atoms with van der Waals surface area (Å²) in [5.74, 6) is 0.891. The second kappa shape index (κ2) is 1.31. The molecule has 0 aromatic rings. The number of hydrogen-bond donors (Lipinski definition) is 1. The van der Waals surface area contributed by atoms with Crippen LogP contribution < -0.4 is 5.32 Å². The molecule has 1 N–H and O–H groups in total. The van der Waals surface area contributed by atoms with Crippen LogP contribution in [0.2, 0.25) is 0 Å². The minimum atomic E-state index is 0.620. The second-order valence-corrected chi connectivity index (χ2v) is 3.61. The van der Waals surface area contributed by atoms with E-state index in [0.717, 1.165) is 5.92 Å². The van der Waals surface area contributed by atoms with E-state index < -0.39 is 0 Å². The third kappa shape index (κ3) is 0.386. The molecule has 10 heavy (non-hydrogen) atoms. The minimum absolute atomic E-state index is 0.620. The lowest BCUT2D eigenvalue weighted by Crippen LogP contribution is -2.09. The van der Waals surface area contributed by atoms with Crippen molar-refractivity contribution in [3.8, 4) is 0 Å². The molecular formula is C9H11N. The Kier molecular flexibility index (Phi) is 0.657. The summed E-state index contributed by atoms with van der Waals surface area (Å²) in [5, 5.41) is 3.45. The Balaban J connectivity index is 2.12. The predicted molar refractivity (Wildman–Crippen MR) is 40.4 cm³/mol. The van der Waals surface area contributed by atoms with E-state index in [1.165, 1.54) is 25.1 Å². The summed E-state index contributed by atoms with van der Waals surface area (Å²) in [5.41, 5.74) is 2.13. The van der Waals surface area contributed by atoms with Gasteiger partial charge in [0.25, 0.3) is 0 Å². The molecule has 1 saturated carbocycles. The maximum Gasteiger partial charge on any atom is 0.0186 e. The van der Waals surface area contributed by atoms with E-state index in [9.17, 15) is 0 Å². The van der Waals surface area contributed by atoms with Gasteiger partial charge >= 0.3 is 0 Å². The van der Waals surface area contributed by atoms with E-state index in [-0.39, 0.29) is 0 Å².